The van der Waals surface area contributed by atoms with Gasteiger partial charge in [0, 0.05) is 19.2 Å². The number of rotatable bonds is 6. The molecule has 0 bridgehead atoms. The number of aldehydes is 1. The lowest BCUT2D eigenvalue weighted by atomic mass is 10.1. The van der Waals surface area contributed by atoms with E-state index in [0.717, 1.165) is 18.7 Å². The number of carbonyl (C=O) groups is 2. The minimum Gasteiger partial charge on any atom is -0.438 e. The fraction of sp³-hybridized carbons (Fsp3) is 0.368. The Morgan fingerprint density at radius 1 is 1.28 bits per heavy atom. The van der Waals surface area contributed by atoms with Crippen molar-refractivity contribution < 1.29 is 14.3 Å². The molecule has 1 aliphatic rings. The average Bonchev–Trinajstić information content (AvgIpc) is 3.17. The smallest absolute Gasteiger partial charge is 0.261 e. The normalized spacial score (nSPS) is 14.3. The van der Waals surface area contributed by atoms with E-state index in [0.29, 0.717) is 18.0 Å². The van der Waals surface area contributed by atoms with Crippen LogP contribution in [0.25, 0.3) is 0 Å². The van der Waals surface area contributed by atoms with E-state index in [1.54, 1.807) is 19.2 Å². The van der Waals surface area contributed by atoms with Crippen molar-refractivity contribution in [3.8, 4) is 11.6 Å². The van der Waals surface area contributed by atoms with Crippen LogP contribution in [0.4, 0.5) is 0 Å². The molecule has 1 fully saturated rings. The number of benzene rings is 1. The van der Waals surface area contributed by atoms with Crippen LogP contribution in [0.3, 0.4) is 0 Å². The van der Waals surface area contributed by atoms with Crippen molar-refractivity contribution in [3.63, 3.8) is 0 Å². The number of nitrogens with zero attached hydrogens (tertiary/aromatic N) is 3. The van der Waals surface area contributed by atoms with E-state index >= 15 is 0 Å². The second kappa shape index (κ2) is 7.88. The van der Waals surface area contributed by atoms with Gasteiger partial charge in [-0.1, -0.05) is 31.0 Å². The molecule has 1 saturated carbocycles. The number of aromatic nitrogens is 2. The standard InChI is InChI=1S/C19H21N3O3/c1-22(11-12-23)19(24)16-13-20-17(14-7-5-6-8-14)21-18(16)25-15-9-3-2-4-10-15/h2-4,9-10,12-14H,5-8,11H2,1H3. The van der Waals surface area contributed by atoms with Crippen molar-refractivity contribution in [2.45, 2.75) is 31.6 Å². The van der Waals surface area contributed by atoms with Crippen LogP contribution in [0.15, 0.2) is 36.5 Å². The molecule has 0 atom stereocenters. The summed E-state index contributed by atoms with van der Waals surface area (Å²) in [5.41, 5.74) is 0.259. The van der Waals surface area contributed by atoms with Gasteiger partial charge in [-0.05, 0) is 25.0 Å². The largest absolute Gasteiger partial charge is 0.438 e. The van der Waals surface area contributed by atoms with Gasteiger partial charge >= 0.3 is 0 Å². The SMILES string of the molecule is CN(CC=O)C(=O)c1cnc(C2CCCC2)nc1Oc1ccccc1. The Hall–Kier alpha value is -2.76. The third-order valence-electron chi connectivity index (χ3n) is 4.38. The molecule has 0 radical (unpaired) electrons. The third kappa shape index (κ3) is 4.02. The highest BCUT2D eigenvalue weighted by Gasteiger charge is 2.24. The van der Waals surface area contributed by atoms with E-state index in [-0.39, 0.29) is 23.9 Å². The molecule has 0 aliphatic heterocycles. The van der Waals surface area contributed by atoms with Crippen molar-refractivity contribution in [1.82, 2.24) is 14.9 Å². The van der Waals surface area contributed by atoms with E-state index in [2.05, 4.69) is 9.97 Å². The predicted octanol–water partition coefficient (Wildman–Crippen LogP) is 3.20. The maximum Gasteiger partial charge on any atom is 0.261 e. The van der Waals surface area contributed by atoms with Gasteiger partial charge in [-0.15, -0.1) is 0 Å². The molecule has 0 N–H and O–H groups in total. The van der Waals surface area contributed by atoms with Crippen LogP contribution in [-0.2, 0) is 4.79 Å². The minimum absolute atomic E-state index is 0.00792. The second-order valence-corrected chi connectivity index (χ2v) is 6.20. The lowest BCUT2D eigenvalue weighted by Gasteiger charge is -2.17. The Balaban J connectivity index is 1.94. The summed E-state index contributed by atoms with van der Waals surface area (Å²) >= 11 is 0. The van der Waals surface area contributed by atoms with Crippen molar-refractivity contribution >= 4 is 12.2 Å². The van der Waals surface area contributed by atoms with Crippen molar-refractivity contribution in [3.05, 3.63) is 47.9 Å². The lowest BCUT2D eigenvalue weighted by molar-refractivity contribution is -0.108. The Labute approximate surface area is 146 Å². The number of carbonyl (C=O) groups excluding carboxylic acids is 2. The minimum atomic E-state index is -0.337. The second-order valence-electron chi connectivity index (χ2n) is 6.20. The Morgan fingerprint density at radius 3 is 2.68 bits per heavy atom. The molecule has 2 aromatic rings. The van der Waals surface area contributed by atoms with E-state index in [4.69, 9.17) is 4.74 Å². The zero-order valence-corrected chi connectivity index (χ0v) is 14.2. The van der Waals surface area contributed by atoms with Crippen LogP contribution in [0.1, 0.15) is 47.8 Å². The molecular weight excluding hydrogens is 318 g/mol. The van der Waals surface area contributed by atoms with Crippen molar-refractivity contribution in [2.75, 3.05) is 13.6 Å². The van der Waals surface area contributed by atoms with Gasteiger partial charge < -0.3 is 14.4 Å². The average molecular weight is 339 g/mol. The van der Waals surface area contributed by atoms with Gasteiger partial charge in [-0.25, -0.2) is 4.98 Å². The molecule has 130 valence electrons. The summed E-state index contributed by atoms with van der Waals surface area (Å²) in [6.45, 7) is 0.00792. The number of hydrogen-bond donors (Lipinski definition) is 0. The summed E-state index contributed by atoms with van der Waals surface area (Å²) in [7, 11) is 1.56. The molecule has 1 aliphatic carbocycles. The maximum absolute atomic E-state index is 12.6. The highest BCUT2D eigenvalue weighted by Crippen LogP contribution is 2.34. The van der Waals surface area contributed by atoms with Gasteiger partial charge in [0.1, 0.15) is 23.4 Å². The first-order valence-corrected chi connectivity index (χ1v) is 8.48. The number of para-hydroxylation sites is 1. The van der Waals surface area contributed by atoms with Crippen LogP contribution < -0.4 is 4.74 Å². The van der Waals surface area contributed by atoms with Gasteiger partial charge in [-0.2, -0.15) is 4.98 Å². The Morgan fingerprint density at radius 2 is 2.00 bits per heavy atom. The van der Waals surface area contributed by atoms with Gasteiger partial charge in [-0.3, -0.25) is 4.79 Å². The van der Waals surface area contributed by atoms with Gasteiger partial charge in [0.2, 0.25) is 5.88 Å². The fourth-order valence-electron chi connectivity index (χ4n) is 2.98. The van der Waals surface area contributed by atoms with E-state index in [1.165, 1.54) is 23.9 Å². The molecule has 1 aromatic heterocycles. The Kier molecular flexibility index (Phi) is 5.38. The molecule has 6 heteroatoms. The number of ether oxygens (including phenoxy) is 1. The number of hydrogen-bond acceptors (Lipinski definition) is 5. The number of likely N-dealkylation sites (N-methyl/N-ethyl adjacent to an activating group) is 1. The van der Waals surface area contributed by atoms with Crippen LogP contribution >= 0.6 is 0 Å². The van der Waals surface area contributed by atoms with Gasteiger partial charge in [0.15, 0.2) is 0 Å². The summed E-state index contributed by atoms with van der Waals surface area (Å²) in [6.07, 6.45) is 6.66. The first kappa shape index (κ1) is 17.1. The fourth-order valence-corrected chi connectivity index (χ4v) is 2.98. The molecule has 1 aromatic carbocycles. The van der Waals surface area contributed by atoms with Crippen molar-refractivity contribution in [2.24, 2.45) is 0 Å². The summed E-state index contributed by atoms with van der Waals surface area (Å²) in [6, 6.07) is 9.21. The Bertz CT molecular complexity index is 743. The van der Waals surface area contributed by atoms with Crippen LogP contribution in [-0.4, -0.2) is 40.7 Å². The molecule has 25 heavy (non-hydrogen) atoms. The molecule has 0 unspecified atom stereocenters. The first-order valence-electron chi connectivity index (χ1n) is 8.48. The van der Waals surface area contributed by atoms with Gasteiger partial charge in [0.25, 0.3) is 5.91 Å². The van der Waals surface area contributed by atoms with E-state index in [9.17, 15) is 9.59 Å². The molecule has 1 amide bonds. The van der Waals surface area contributed by atoms with Crippen LogP contribution in [0, 0.1) is 0 Å². The quantitative estimate of drug-likeness (QED) is 0.756. The predicted molar refractivity (Wildman–Crippen MR) is 92.8 cm³/mol. The maximum atomic E-state index is 12.6. The zero-order chi connectivity index (χ0) is 17.6. The first-order chi connectivity index (χ1) is 12.2. The molecule has 3 rings (SSSR count). The molecular formula is C19H21N3O3. The zero-order valence-electron chi connectivity index (χ0n) is 14.2. The summed E-state index contributed by atoms with van der Waals surface area (Å²) < 4.78 is 5.87. The topological polar surface area (TPSA) is 72.4 Å². The number of amides is 1. The summed E-state index contributed by atoms with van der Waals surface area (Å²) in [5.74, 6) is 1.54. The van der Waals surface area contributed by atoms with Crippen LogP contribution in [0.5, 0.6) is 11.6 Å². The molecule has 1 heterocycles. The van der Waals surface area contributed by atoms with Gasteiger partial charge in [0.05, 0.1) is 6.54 Å². The third-order valence-corrected chi connectivity index (χ3v) is 4.38. The van der Waals surface area contributed by atoms with E-state index in [1.807, 2.05) is 18.2 Å². The highest BCUT2D eigenvalue weighted by atomic mass is 16.5. The monoisotopic (exact) mass is 339 g/mol. The summed E-state index contributed by atoms with van der Waals surface area (Å²) in [5, 5.41) is 0. The molecule has 6 nitrogen and oxygen atoms in total. The highest BCUT2D eigenvalue weighted by molar-refractivity contribution is 5.96. The summed E-state index contributed by atoms with van der Waals surface area (Å²) in [4.78, 5) is 33.5. The van der Waals surface area contributed by atoms with E-state index < -0.39 is 0 Å². The van der Waals surface area contributed by atoms with Crippen molar-refractivity contribution in [1.29, 1.82) is 0 Å². The lowest BCUT2D eigenvalue weighted by Crippen LogP contribution is -2.29. The molecule has 0 spiro atoms. The van der Waals surface area contributed by atoms with Crippen LogP contribution in [0.2, 0.25) is 0 Å². The molecule has 0 saturated heterocycles.